The fourth-order valence-electron chi connectivity index (χ4n) is 2.75. The van der Waals surface area contributed by atoms with Crippen molar-refractivity contribution in [3.05, 3.63) is 0 Å². The Labute approximate surface area is 172 Å². The zero-order valence-corrected chi connectivity index (χ0v) is 17.9. The molecule has 160 valence electrons. The first-order valence-corrected chi connectivity index (χ1v) is 10.3. The minimum Gasteiger partial charge on any atom is -0.347 e. The SMILES string of the molecule is CCC(C(=O)N(C=O)CCCCCC(=O)NCC(=O)NC(C=O)CS)C(C)C. The summed E-state index contributed by atoms with van der Waals surface area (Å²) in [5.74, 6) is -0.655. The van der Waals surface area contributed by atoms with Gasteiger partial charge >= 0.3 is 0 Å². The number of unbranched alkanes of at least 4 members (excludes halogenated alkanes) is 2. The van der Waals surface area contributed by atoms with Crippen molar-refractivity contribution < 1.29 is 24.0 Å². The molecular weight excluding hydrogens is 382 g/mol. The molecule has 0 heterocycles. The first-order valence-electron chi connectivity index (χ1n) is 9.68. The summed E-state index contributed by atoms with van der Waals surface area (Å²) in [5, 5.41) is 4.92. The molecule has 2 N–H and O–H groups in total. The van der Waals surface area contributed by atoms with E-state index in [1.54, 1.807) is 0 Å². The van der Waals surface area contributed by atoms with Crippen LogP contribution in [-0.2, 0) is 24.0 Å². The van der Waals surface area contributed by atoms with Gasteiger partial charge in [-0.25, -0.2) is 0 Å². The molecule has 0 aliphatic heterocycles. The first-order chi connectivity index (χ1) is 13.3. The molecule has 2 unspecified atom stereocenters. The predicted octanol–water partition coefficient (Wildman–Crippen LogP) is 0.944. The van der Waals surface area contributed by atoms with E-state index in [1.807, 2.05) is 20.8 Å². The van der Waals surface area contributed by atoms with Gasteiger partial charge in [-0.05, 0) is 25.2 Å². The van der Waals surface area contributed by atoms with Crippen LogP contribution in [0.5, 0.6) is 0 Å². The Morgan fingerprint density at radius 1 is 1.07 bits per heavy atom. The highest BCUT2D eigenvalue weighted by Crippen LogP contribution is 2.17. The highest BCUT2D eigenvalue weighted by atomic mass is 32.1. The second-order valence-corrected chi connectivity index (χ2v) is 7.34. The summed E-state index contributed by atoms with van der Waals surface area (Å²) < 4.78 is 0. The van der Waals surface area contributed by atoms with Gasteiger partial charge in [-0.15, -0.1) is 0 Å². The van der Waals surface area contributed by atoms with Crippen LogP contribution in [0.2, 0.25) is 0 Å². The summed E-state index contributed by atoms with van der Waals surface area (Å²) in [6.45, 7) is 6.00. The number of nitrogens with one attached hydrogen (secondary N) is 2. The lowest BCUT2D eigenvalue weighted by Crippen LogP contribution is -2.43. The lowest BCUT2D eigenvalue weighted by atomic mass is 9.92. The van der Waals surface area contributed by atoms with Crippen LogP contribution >= 0.6 is 12.6 Å². The molecule has 0 aliphatic carbocycles. The third-order valence-electron chi connectivity index (χ3n) is 4.43. The van der Waals surface area contributed by atoms with Gasteiger partial charge in [-0.1, -0.05) is 27.2 Å². The highest BCUT2D eigenvalue weighted by molar-refractivity contribution is 7.80. The number of hydrogen-bond donors (Lipinski definition) is 3. The lowest BCUT2D eigenvalue weighted by molar-refractivity contribution is -0.142. The van der Waals surface area contributed by atoms with Crippen LogP contribution in [0.4, 0.5) is 0 Å². The van der Waals surface area contributed by atoms with Crippen LogP contribution in [0.25, 0.3) is 0 Å². The predicted molar refractivity (Wildman–Crippen MR) is 110 cm³/mol. The van der Waals surface area contributed by atoms with E-state index >= 15 is 0 Å². The molecule has 0 spiro atoms. The monoisotopic (exact) mass is 415 g/mol. The summed E-state index contributed by atoms with van der Waals surface area (Å²) in [4.78, 5) is 58.7. The Morgan fingerprint density at radius 2 is 1.75 bits per heavy atom. The quantitative estimate of drug-likeness (QED) is 0.209. The van der Waals surface area contributed by atoms with Gasteiger partial charge in [-0.3, -0.25) is 24.1 Å². The van der Waals surface area contributed by atoms with E-state index in [0.717, 1.165) is 0 Å². The number of carbonyl (C=O) groups is 5. The van der Waals surface area contributed by atoms with E-state index in [0.29, 0.717) is 44.9 Å². The molecule has 0 fully saturated rings. The number of hydrogen-bond acceptors (Lipinski definition) is 6. The summed E-state index contributed by atoms with van der Waals surface area (Å²) in [5.41, 5.74) is 0. The summed E-state index contributed by atoms with van der Waals surface area (Å²) in [7, 11) is 0. The van der Waals surface area contributed by atoms with Crippen LogP contribution in [0.15, 0.2) is 0 Å². The normalized spacial score (nSPS) is 12.8. The number of amides is 4. The zero-order chi connectivity index (χ0) is 21.5. The maximum Gasteiger partial charge on any atom is 0.239 e. The molecule has 28 heavy (non-hydrogen) atoms. The van der Waals surface area contributed by atoms with Gasteiger partial charge in [0.2, 0.25) is 24.1 Å². The van der Waals surface area contributed by atoms with Crippen molar-refractivity contribution in [1.82, 2.24) is 15.5 Å². The third kappa shape index (κ3) is 10.4. The molecule has 0 saturated heterocycles. The van der Waals surface area contributed by atoms with Gasteiger partial charge in [0, 0.05) is 24.6 Å². The molecule has 4 amide bonds. The van der Waals surface area contributed by atoms with Crippen molar-refractivity contribution in [2.45, 2.75) is 58.9 Å². The molecule has 0 radical (unpaired) electrons. The molecule has 2 atom stereocenters. The van der Waals surface area contributed by atoms with Crippen molar-refractivity contribution in [1.29, 1.82) is 0 Å². The zero-order valence-electron chi connectivity index (χ0n) is 17.0. The Hall–Kier alpha value is -1.90. The van der Waals surface area contributed by atoms with E-state index in [1.165, 1.54) is 4.90 Å². The van der Waals surface area contributed by atoms with E-state index in [2.05, 4.69) is 23.3 Å². The standard InChI is InChI=1S/C19H33N3O5S/c1-4-16(14(2)3)19(27)22(13-24)9-7-5-6-8-17(25)20-10-18(26)21-15(11-23)12-28/h11,13-16,28H,4-10,12H2,1-3H3,(H,20,25)(H,21,26). The second kappa shape index (κ2) is 15.1. The molecule has 8 nitrogen and oxygen atoms in total. The number of carbonyl (C=O) groups excluding carboxylic acids is 5. The van der Waals surface area contributed by atoms with E-state index in [4.69, 9.17) is 0 Å². The topological polar surface area (TPSA) is 113 Å². The van der Waals surface area contributed by atoms with Crippen molar-refractivity contribution in [2.75, 3.05) is 18.8 Å². The van der Waals surface area contributed by atoms with Gasteiger partial charge in [0.1, 0.15) is 6.29 Å². The Kier molecular flexibility index (Phi) is 14.0. The highest BCUT2D eigenvalue weighted by Gasteiger charge is 2.25. The van der Waals surface area contributed by atoms with Gasteiger partial charge in [-0.2, -0.15) is 12.6 Å². The van der Waals surface area contributed by atoms with Gasteiger partial charge in [0.15, 0.2) is 0 Å². The Bertz CT molecular complexity index is 528. The van der Waals surface area contributed by atoms with Crippen molar-refractivity contribution in [3.63, 3.8) is 0 Å². The average molecular weight is 416 g/mol. The van der Waals surface area contributed by atoms with Gasteiger partial charge in [0.25, 0.3) is 0 Å². The summed E-state index contributed by atoms with van der Waals surface area (Å²) in [6, 6.07) is -0.667. The van der Waals surface area contributed by atoms with E-state index in [-0.39, 0.29) is 42.4 Å². The molecule has 0 aromatic carbocycles. The van der Waals surface area contributed by atoms with Crippen LogP contribution in [0.3, 0.4) is 0 Å². The average Bonchev–Trinajstić information content (AvgIpc) is 2.67. The van der Waals surface area contributed by atoms with Crippen molar-refractivity contribution in [2.24, 2.45) is 11.8 Å². The number of aldehydes is 1. The summed E-state index contributed by atoms with van der Waals surface area (Å²) in [6.07, 6.45) is 3.99. The number of thiol groups is 1. The maximum atomic E-state index is 12.4. The van der Waals surface area contributed by atoms with Crippen molar-refractivity contribution >= 4 is 43.0 Å². The molecule has 0 aliphatic rings. The van der Waals surface area contributed by atoms with E-state index < -0.39 is 11.9 Å². The Balaban J connectivity index is 4.06. The molecule has 0 aromatic heterocycles. The molecule has 9 heteroatoms. The van der Waals surface area contributed by atoms with Crippen LogP contribution < -0.4 is 10.6 Å². The fraction of sp³-hybridized carbons (Fsp3) is 0.737. The van der Waals surface area contributed by atoms with Crippen LogP contribution in [-0.4, -0.2) is 60.2 Å². The first kappa shape index (κ1) is 26.1. The minimum absolute atomic E-state index is 0.147. The number of nitrogens with zero attached hydrogens (tertiary/aromatic N) is 1. The van der Waals surface area contributed by atoms with Crippen LogP contribution in [0.1, 0.15) is 52.9 Å². The van der Waals surface area contributed by atoms with E-state index in [9.17, 15) is 24.0 Å². The maximum absolute atomic E-state index is 12.4. The molecule has 0 bridgehead atoms. The molecule has 0 saturated carbocycles. The number of imide groups is 1. The number of rotatable bonds is 15. The van der Waals surface area contributed by atoms with Crippen molar-refractivity contribution in [3.8, 4) is 0 Å². The lowest BCUT2D eigenvalue weighted by Gasteiger charge is -2.24. The van der Waals surface area contributed by atoms with Gasteiger partial charge in [0.05, 0.1) is 12.6 Å². The smallest absolute Gasteiger partial charge is 0.239 e. The molecular formula is C19H33N3O5S. The largest absolute Gasteiger partial charge is 0.347 e. The second-order valence-electron chi connectivity index (χ2n) is 6.98. The Morgan fingerprint density at radius 3 is 2.25 bits per heavy atom. The minimum atomic E-state index is -0.667. The molecule has 0 aromatic rings. The van der Waals surface area contributed by atoms with Gasteiger partial charge < -0.3 is 15.4 Å². The fourth-order valence-corrected chi connectivity index (χ4v) is 2.93. The van der Waals surface area contributed by atoms with Crippen LogP contribution in [0, 0.1) is 11.8 Å². The third-order valence-corrected chi connectivity index (χ3v) is 4.82. The summed E-state index contributed by atoms with van der Waals surface area (Å²) >= 11 is 3.93. The molecule has 0 rings (SSSR count).